The van der Waals surface area contributed by atoms with Gasteiger partial charge in [0.2, 0.25) is 0 Å². The third-order valence-corrected chi connectivity index (χ3v) is 5.02. The molecule has 0 aliphatic heterocycles. The van der Waals surface area contributed by atoms with E-state index < -0.39 is 0 Å². The molecule has 4 rings (SSSR count). The normalized spacial score (nSPS) is 10.7. The van der Waals surface area contributed by atoms with Crippen LogP contribution in [-0.4, -0.2) is 23.3 Å². The number of nitrogens with zero attached hydrogens (tertiary/aromatic N) is 2. The molecule has 0 radical (unpaired) electrons. The Morgan fingerprint density at radius 1 is 1.10 bits per heavy atom. The van der Waals surface area contributed by atoms with E-state index in [0.717, 1.165) is 33.3 Å². The first-order valence-corrected chi connectivity index (χ1v) is 9.48. The first-order chi connectivity index (χ1) is 14.2. The summed E-state index contributed by atoms with van der Waals surface area (Å²) in [5.41, 5.74) is 5.19. The van der Waals surface area contributed by atoms with Gasteiger partial charge in [0, 0.05) is 41.7 Å². The smallest absolute Gasteiger partial charge is 0.153 e. The minimum absolute atomic E-state index is 0.346. The Morgan fingerprint density at radius 2 is 1.93 bits per heavy atom. The van der Waals surface area contributed by atoms with Gasteiger partial charge in [-0.15, -0.1) is 0 Å². The van der Waals surface area contributed by atoms with E-state index in [0.29, 0.717) is 22.9 Å². The molecule has 2 aromatic heterocycles. The number of pyridine rings is 2. The van der Waals surface area contributed by atoms with Crippen LogP contribution in [0.1, 0.15) is 11.1 Å². The fourth-order valence-corrected chi connectivity index (χ4v) is 3.48. The van der Waals surface area contributed by atoms with Crippen molar-refractivity contribution in [1.82, 2.24) is 9.97 Å². The first-order valence-electron chi connectivity index (χ1n) is 9.10. The molecule has 0 saturated heterocycles. The third kappa shape index (κ3) is 3.91. The largest absolute Gasteiger partial charge is 0.497 e. The van der Waals surface area contributed by atoms with Gasteiger partial charge in [-0.05, 0) is 41.5 Å². The number of methoxy groups -OCH3 is 1. The average molecular weight is 403 g/mol. The summed E-state index contributed by atoms with van der Waals surface area (Å²) in [6, 6.07) is 17.6. The Morgan fingerprint density at radius 3 is 2.62 bits per heavy atom. The van der Waals surface area contributed by atoms with Crippen LogP contribution >= 0.6 is 11.6 Å². The number of anilines is 1. The van der Waals surface area contributed by atoms with E-state index in [1.54, 1.807) is 13.3 Å². The fourth-order valence-electron chi connectivity index (χ4n) is 3.22. The number of benzene rings is 2. The number of fused-ring (bicyclic) bond motifs is 1. The van der Waals surface area contributed by atoms with E-state index in [-0.39, 0.29) is 0 Å². The summed E-state index contributed by atoms with van der Waals surface area (Å²) in [6.07, 6.45) is 4.88. The van der Waals surface area contributed by atoms with Gasteiger partial charge in [0.15, 0.2) is 5.15 Å². The zero-order valence-corrected chi connectivity index (χ0v) is 16.6. The Hall–Kier alpha value is -3.44. The molecular formula is C23H19ClN4O. The summed E-state index contributed by atoms with van der Waals surface area (Å²) in [4.78, 5) is 8.71. The minimum atomic E-state index is 0.346. The van der Waals surface area contributed by atoms with Crippen LogP contribution < -0.4 is 10.1 Å². The predicted molar refractivity (Wildman–Crippen MR) is 118 cm³/mol. The number of nitrogens with one attached hydrogen (secondary N) is 2. The second-order valence-electron chi connectivity index (χ2n) is 6.51. The highest BCUT2D eigenvalue weighted by Gasteiger charge is 2.13. The number of ether oxygens (including phenoxy) is 1. The molecule has 0 spiro atoms. The molecule has 0 saturated carbocycles. The molecule has 2 N–H and O–H groups in total. The van der Waals surface area contributed by atoms with Crippen LogP contribution in [0.3, 0.4) is 0 Å². The van der Waals surface area contributed by atoms with Crippen LogP contribution in [-0.2, 0) is 6.54 Å². The van der Waals surface area contributed by atoms with Crippen molar-refractivity contribution in [3.63, 3.8) is 0 Å². The van der Waals surface area contributed by atoms with Crippen molar-refractivity contribution in [2.75, 3.05) is 12.4 Å². The van der Waals surface area contributed by atoms with E-state index in [9.17, 15) is 0 Å². The van der Waals surface area contributed by atoms with Crippen LogP contribution in [0.25, 0.3) is 22.0 Å². The van der Waals surface area contributed by atoms with E-state index in [1.165, 1.54) is 6.21 Å². The number of rotatable bonds is 6. The maximum Gasteiger partial charge on any atom is 0.153 e. The molecule has 0 aliphatic rings. The highest BCUT2D eigenvalue weighted by Crippen LogP contribution is 2.33. The maximum absolute atomic E-state index is 7.99. The van der Waals surface area contributed by atoms with Gasteiger partial charge >= 0.3 is 0 Å². The van der Waals surface area contributed by atoms with Crippen molar-refractivity contribution in [3.8, 4) is 16.9 Å². The molecule has 0 aliphatic carbocycles. The lowest BCUT2D eigenvalue weighted by molar-refractivity contribution is 0.414. The zero-order valence-electron chi connectivity index (χ0n) is 15.8. The average Bonchev–Trinajstić information content (AvgIpc) is 2.78. The second-order valence-corrected chi connectivity index (χ2v) is 6.87. The number of aromatic nitrogens is 2. The van der Waals surface area contributed by atoms with E-state index in [1.807, 2.05) is 60.8 Å². The summed E-state index contributed by atoms with van der Waals surface area (Å²) in [6.45, 7) is 0.556. The van der Waals surface area contributed by atoms with E-state index in [2.05, 4.69) is 15.3 Å². The van der Waals surface area contributed by atoms with Crippen LogP contribution in [0, 0.1) is 5.41 Å². The Bertz CT molecular complexity index is 1160. The second kappa shape index (κ2) is 8.29. The third-order valence-electron chi connectivity index (χ3n) is 4.75. The van der Waals surface area contributed by atoms with Crippen LogP contribution in [0.4, 0.5) is 5.69 Å². The lowest BCUT2D eigenvalue weighted by atomic mass is 10.0. The first kappa shape index (κ1) is 18.9. The van der Waals surface area contributed by atoms with E-state index in [4.69, 9.17) is 21.7 Å². The topological polar surface area (TPSA) is 70.9 Å². The van der Waals surface area contributed by atoms with Gasteiger partial charge in [-0.2, -0.15) is 0 Å². The molecule has 2 aromatic carbocycles. The number of hydrogen-bond donors (Lipinski definition) is 2. The summed E-state index contributed by atoms with van der Waals surface area (Å²) in [7, 11) is 1.64. The lowest BCUT2D eigenvalue weighted by Gasteiger charge is -2.14. The maximum atomic E-state index is 7.99. The molecule has 144 valence electrons. The fraction of sp³-hybridized carbons (Fsp3) is 0.0870. The van der Waals surface area contributed by atoms with Gasteiger partial charge < -0.3 is 15.5 Å². The zero-order chi connectivity index (χ0) is 20.2. The van der Waals surface area contributed by atoms with Crippen molar-refractivity contribution < 1.29 is 4.74 Å². The highest BCUT2D eigenvalue weighted by molar-refractivity contribution is 6.33. The molecule has 0 amide bonds. The molecule has 5 nitrogen and oxygen atoms in total. The monoisotopic (exact) mass is 402 g/mol. The molecule has 4 aromatic rings. The summed E-state index contributed by atoms with van der Waals surface area (Å²) in [5, 5.41) is 12.5. The molecule has 6 heteroatoms. The molecule has 0 fully saturated rings. The van der Waals surface area contributed by atoms with Gasteiger partial charge in [0.1, 0.15) is 5.75 Å². The Labute approximate surface area is 173 Å². The van der Waals surface area contributed by atoms with Crippen LogP contribution in [0.2, 0.25) is 5.15 Å². The Balaban J connectivity index is 1.72. The Kier molecular flexibility index (Phi) is 5.40. The van der Waals surface area contributed by atoms with E-state index >= 15 is 0 Å². The lowest BCUT2D eigenvalue weighted by Crippen LogP contribution is -2.05. The predicted octanol–water partition coefficient (Wildman–Crippen LogP) is 5.57. The summed E-state index contributed by atoms with van der Waals surface area (Å²) >= 11 is 6.45. The summed E-state index contributed by atoms with van der Waals surface area (Å²) in [5.74, 6) is 0.808. The molecule has 29 heavy (non-hydrogen) atoms. The quantitative estimate of drug-likeness (QED) is 0.327. The van der Waals surface area contributed by atoms with Crippen molar-refractivity contribution in [2.24, 2.45) is 0 Å². The highest BCUT2D eigenvalue weighted by atomic mass is 35.5. The molecule has 0 atom stereocenters. The standard InChI is InChI=1S/C23H19ClN4O/c1-29-18-7-4-15(5-8-18)13-27-22-20(12-25)19-11-16(17-3-2-10-26-14-17)6-9-21(19)28-23(22)24/h2-12,14,25,27H,13H2,1H3. The van der Waals surface area contributed by atoms with Gasteiger partial charge in [0.25, 0.3) is 0 Å². The number of hydrogen-bond acceptors (Lipinski definition) is 5. The molecule has 0 bridgehead atoms. The van der Waals surface area contributed by atoms with Gasteiger partial charge in [-0.3, -0.25) is 4.98 Å². The molecular weight excluding hydrogens is 384 g/mol. The van der Waals surface area contributed by atoms with Crippen LogP contribution in [0.5, 0.6) is 5.75 Å². The van der Waals surface area contributed by atoms with Crippen molar-refractivity contribution in [2.45, 2.75) is 6.54 Å². The van der Waals surface area contributed by atoms with Crippen molar-refractivity contribution in [3.05, 3.63) is 83.3 Å². The molecule has 0 unspecified atom stereocenters. The summed E-state index contributed by atoms with van der Waals surface area (Å²) < 4.78 is 5.20. The van der Waals surface area contributed by atoms with Crippen molar-refractivity contribution >= 4 is 34.4 Å². The van der Waals surface area contributed by atoms with Gasteiger partial charge in [-0.25, -0.2) is 4.98 Å². The minimum Gasteiger partial charge on any atom is -0.497 e. The molecule has 2 heterocycles. The van der Waals surface area contributed by atoms with Gasteiger partial charge in [-0.1, -0.05) is 35.9 Å². The van der Waals surface area contributed by atoms with Crippen molar-refractivity contribution in [1.29, 1.82) is 5.41 Å². The SMILES string of the molecule is COc1ccc(CNc2c(Cl)nc3ccc(-c4cccnc4)cc3c2C=N)cc1. The number of halogens is 1. The van der Waals surface area contributed by atoms with Crippen LogP contribution in [0.15, 0.2) is 67.0 Å². The van der Waals surface area contributed by atoms with Gasteiger partial charge in [0.05, 0.1) is 18.3 Å².